The fraction of sp³-hybridized carbons (Fsp3) is 0.526. The lowest BCUT2D eigenvalue weighted by atomic mass is 10.1. The largest absolute Gasteiger partial charge is 0.379 e. The number of carbonyl (C=O) groups is 1. The fourth-order valence-electron chi connectivity index (χ4n) is 3.13. The highest BCUT2D eigenvalue weighted by atomic mass is 32.1. The van der Waals surface area contributed by atoms with Gasteiger partial charge in [-0.3, -0.25) is 14.5 Å². The van der Waals surface area contributed by atoms with Gasteiger partial charge in [-0.1, -0.05) is 0 Å². The Labute approximate surface area is 163 Å². The van der Waals surface area contributed by atoms with Crippen LogP contribution in [0.5, 0.6) is 0 Å². The molecule has 2 aromatic rings. The van der Waals surface area contributed by atoms with Crippen molar-refractivity contribution in [3.63, 3.8) is 0 Å². The number of thiazole rings is 1. The first kappa shape index (κ1) is 19.7. The maximum Gasteiger partial charge on any atom is 0.263 e. The summed E-state index contributed by atoms with van der Waals surface area (Å²) in [6.45, 7) is 8.27. The third kappa shape index (κ3) is 4.45. The van der Waals surface area contributed by atoms with Crippen LogP contribution >= 0.6 is 11.3 Å². The molecule has 3 rings (SSSR count). The summed E-state index contributed by atoms with van der Waals surface area (Å²) in [6, 6.07) is 1.66. The molecule has 27 heavy (non-hydrogen) atoms. The van der Waals surface area contributed by atoms with E-state index < -0.39 is 0 Å². The predicted molar refractivity (Wildman–Crippen MR) is 105 cm³/mol. The van der Waals surface area contributed by atoms with E-state index in [2.05, 4.69) is 9.88 Å². The van der Waals surface area contributed by atoms with Gasteiger partial charge in [-0.2, -0.15) is 0 Å². The maximum absolute atomic E-state index is 13.0. The zero-order valence-electron chi connectivity index (χ0n) is 16.1. The molecule has 1 aliphatic heterocycles. The summed E-state index contributed by atoms with van der Waals surface area (Å²) >= 11 is 1.50. The van der Waals surface area contributed by atoms with Crippen molar-refractivity contribution in [1.29, 1.82) is 0 Å². The number of nitrogens with zero attached hydrogens (tertiary/aromatic N) is 4. The number of morpholine rings is 1. The van der Waals surface area contributed by atoms with Gasteiger partial charge in [0.2, 0.25) is 0 Å². The number of rotatable bonds is 6. The average molecular weight is 391 g/mol. The normalized spacial score (nSPS) is 16.3. The monoisotopic (exact) mass is 390 g/mol. The number of carbonyl (C=O) groups excluding carboxylic acids is 1. The molecule has 0 saturated carbocycles. The molecule has 1 aliphatic rings. The minimum atomic E-state index is -0.263. The van der Waals surface area contributed by atoms with Gasteiger partial charge in [0.05, 0.1) is 19.3 Å². The van der Waals surface area contributed by atoms with E-state index in [1.54, 1.807) is 28.9 Å². The molecule has 0 aromatic carbocycles. The summed E-state index contributed by atoms with van der Waals surface area (Å²) in [7, 11) is 1.72. The quantitative estimate of drug-likeness (QED) is 0.752. The molecular formula is C19H26N4O3S. The number of ether oxygens (including phenoxy) is 1. The summed E-state index contributed by atoms with van der Waals surface area (Å²) in [4.78, 5) is 34.2. The molecule has 7 nitrogen and oxygen atoms in total. The van der Waals surface area contributed by atoms with Crippen LogP contribution in [0, 0.1) is 6.92 Å². The van der Waals surface area contributed by atoms with Gasteiger partial charge in [0.15, 0.2) is 0 Å². The SMILES string of the molecule is Cc1ccn(CCN2CCOCC2)c(=O)c1C(=O)N(C)C(C)c1nccs1. The van der Waals surface area contributed by atoms with Crippen LogP contribution in [0.25, 0.3) is 0 Å². The average Bonchev–Trinajstić information content (AvgIpc) is 3.21. The number of hydrogen-bond donors (Lipinski definition) is 0. The molecule has 0 spiro atoms. The third-order valence-electron chi connectivity index (χ3n) is 5.06. The van der Waals surface area contributed by atoms with Crippen LogP contribution in [-0.4, -0.2) is 65.2 Å². The van der Waals surface area contributed by atoms with Gasteiger partial charge in [0, 0.05) is 51.0 Å². The minimum absolute atomic E-state index is 0.182. The minimum Gasteiger partial charge on any atom is -0.379 e. The van der Waals surface area contributed by atoms with E-state index in [1.165, 1.54) is 11.3 Å². The van der Waals surface area contributed by atoms with Crippen molar-refractivity contribution in [2.75, 3.05) is 39.9 Å². The van der Waals surface area contributed by atoms with Gasteiger partial charge >= 0.3 is 0 Å². The Bertz CT molecular complexity index is 828. The molecule has 0 aliphatic carbocycles. The Kier molecular flexibility index (Phi) is 6.41. The van der Waals surface area contributed by atoms with Crippen LogP contribution in [0.4, 0.5) is 0 Å². The molecule has 1 atom stereocenters. The van der Waals surface area contributed by atoms with Crippen molar-refractivity contribution in [2.45, 2.75) is 26.4 Å². The van der Waals surface area contributed by atoms with Gasteiger partial charge in [0.1, 0.15) is 10.6 Å². The molecule has 1 unspecified atom stereocenters. The molecule has 8 heteroatoms. The van der Waals surface area contributed by atoms with E-state index in [1.807, 2.05) is 25.3 Å². The lowest BCUT2D eigenvalue weighted by Gasteiger charge is -2.27. The predicted octanol–water partition coefficient (Wildman–Crippen LogP) is 1.78. The summed E-state index contributed by atoms with van der Waals surface area (Å²) in [6.07, 6.45) is 3.50. The van der Waals surface area contributed by atoms with E-state index in [0.717, 1.165) is 37.9 Å². The summed E-state index contributed by atoms with van der Waals surface area (Å²) < 4.78 is 6.99. The highest BCUT2D eigenvalue weighted by Gasteiger charge is 2.25. The zero-order chi connectivity index (χ0) is 19.4. The maximum atomic E-state index is 13.0. The van der Waals surface area contributed by atoms with E-state index in [0.29, 0.717) is 12.1 Å². The van der Waals surface area contributed by atoms with Crippen molar-refractivity contribution in [2.24, 2.45) is 0 Å². The Morgan fingerprint density at radius 2 is 2.11 bits per heavy atom. The van der Waals surface area contributed by atoms with E-state index in [-0.39, 0.29) is 23.1 Å². The second-order valence-corrected chi connectivity index (χ2v) is 7.71. The molecule has 3 heterocycles. The first-order valence-corrected chi connectivity index (χ1v) is 10.0. The van der Waals surface area contributed by atoms with E-state index >= 15 is 0 Å². The molecule has 2 aromatic heterocycles. The first-order valence-electron chi connectivity index (χ1n) is 9.15. The second kappa shape index (κ2) is 8.77. The summed E-state index contributed by atoms with van der Waals surface area (Å²) in [5.74, 6) is -0.263. The lowest BCUT2D eigenvalue weighted by molar-refractivity contribution is 0.0362. The molecule has 1 fully saturated rings. The van der Waals surface area contributed by atoms with Crippen LogP contribution in [-0.2, 0) is 11.3 Å². The zero-order valence-corrected chi connectivity index (χ0v) is 16.9. The third-order valence-corrected chi connectivity index (χ3v) is 6.00. The highest BCUT2D eigenvalue weighted by molar-refractivity contribution is 7.09. The van der Waals surface area contributed by atoms with Gasteiger partial charge in [-0.05, 0) is 25.5 Å². The van der Waals surface area contributed by atoms with E-state index in [4.69, 9.17) is 4.74 Å². The number of pyridine rings is 1. The van der Waals surface area contributed by atoms with Gasteiger partial charge in [-0.25, -0.2) is 4.98 Å². The van der Waals surface area contributed by atoms with Crippen molar-refractivity contribution in [3.05, 3.63) is 50.3 Å². The number of aryl methyl sites for hydroxylation is 1. The summed E-state index contributed by atoms with van der Waals surface area (Å²) in [5.41, 5.74) is 0.711. The van der Waals surface area contributed by atoms with Gasteiger partial charge in [-0.15, -0.1) is 11.3 Å². The fourth-order valence-corrected chi connectivity index (χ4v) is 3.87. The van der Waals surface area contributed by atoms with Crippen LogP contribution < -0.4 is 5.56 Å². The molecule has 1 amide bonds. The molecule has 0 radical (unpaired) electrons. The smallest absolute Gasteiger partial charge is 0.263 e. The lowest BCUT2D eigenvalue weighted by Crippen LogP contribution is -2.40. The van der Waals surface area contributed by atoms with Crippen LogP contribution in [0.3, 0.4) is 0 Å². The van der Waals surface area contributed by atoms with Crippen molar-refractivity contribution < 1.29 is 9.53 Å². The van der Waals surface area contributed by atoms with Gasteiger partial charge < -0.3 is 14.2 Å². The Balaban J connectivity index is 1.77. The molecule has 1 saturated heterocycles. The Hall–Kier alpha value is -2.03. The number of amides is 1. The number of aromatic nitrogens is 2. The van der Waals surface area contributed by atoms with E-state index in [9.17, 15) is 9.59 Å². The summed E-state index contributed by atoms with van der Waals surface area (Å²) in [5, 5.41) is 2.74. The van der Waals surface area contributed by atoms with Crippen LogP contribution in [0.15, 0.2) is 28.6 Å². The number of hydrogen-bond acceptors (Lipinski definition) is 6. The van der Waals surface area contributed by atoms with Crippen LogP contribution in [0.1, 0.15) is 33.9 Å². The first-order chi connectivity index (χ1) is 13.0. The molecular weight excluding hydrogens is 364 g/mol. The Morgan fingerprint density at radius 1 is 1.37 bits per heavy atom. The Morgan fingerprint density at radius 3 is 2.78 bits per heavy atom. The van der Waals surface area contributed by atoms with Crippen molar-refractivity contribution in [1.82, 2.24) is 19.4 Å². The topological polar surface area (TPSA) is 67.7 Å². The molecule has 0 bridgehead atoms. The molecule has 0 N–H and O–H groups in total. The second-order valence-electron chi connectivity index (χ2n) is 6.79. The van der Waals surface area contributed by atoms with Crippen LogP contribution in [0.2, 0.25) is 0 Å². The van der Waals surface area contributed by atoms with Crippen molar-refractivity contribution in [3.8, 4) is 0 Å². The standard InChI is InChI=1S/C19H26N4O3S/c1-14-4-6-23(8-7-22-9-11-26-12-10-22)19(25)16(14)18(24)21(3)15(2)17-20-5-13-27-17/h4-6,13,15H,7-12H2,1-3H3. The van der Waals surface area contributed by atoms with Gasteiger partial charge in [0.25, 0.3) is 11.5 Å². The highest BCUT2D eigenvalue weighted by Crippen LogP contribution is 2.22. The van der Waals surface area contributed by atoms with Crippen molar-refractivity contribution >= 4 is 17.2 Å². The molecule has 146 valence electrons.